The number of amidine groups is 1. The average molecular weight is 199 g/mol. The molecule has 5 heteroatoms. The number of hydrogen-bond acceptors (Lipinski definition) is 4. The van der Waals surface area contributed by atoms with Gasteiger partial charge in [0.2, 0.25) is 5.88 Å². The fourth-order valence-electron chi connectivity index (χ4n) is 1.39. The molecule has 1 atom stereocenters. The molecule has 3 N–H and O–H groups in total. The largest absolute Gasteiger partial charge is 0.494 e. The summed E-state index contributed by atoms with van der Waals surface area (Å²) in [6.45, 7) is 8.34. The molecule has 0 aromatic heterocycles. The predicted octanol–water partition coefficient (Wildman–Crippen LogP) is 0.0935. The van der Waals surface area contributed by atoms with Crippen molar-refractivity contribution < 1.29 is 9.84 Å². The first kappa shape index (κ1) is 11.0. The maximum atomic E-state index is 8.86. The number of nitrogens with two attached hydrogens (primary N) is 1. The van der Waals surface area contributed by atoms with E-state index in [1.807, 2.05) is 6.92 Å². The van der Waals surface area contributed by atoms with Gasteiger partial charge in [0.25, 0.3) is 0 Å². The molecule has 1 fully saturated rings. The molecule has 1 heterocycles. The van der Waals surface area contributed by atoms with Gasteiger partial charge in [0.15, 0.2) is 0 Å². The van der Waals surface area contributed by atoms with E-state index in [0.717, 1.165) is 26.3 Å². The fraction of sp³-hybridized carbons (Fsp3) is 0.667. The van der Waals surface area contributed by atoms with Gasteiger partial charge in [0.1, 0.15) is 5.84 Å². The summed E-state index contributed by atoms with van der Waals surface area (Å²) in [4.78, 5) is 5.88. The lowest BCUT2D eigenvalue weighted by molar-refractivity contribution is 0.0315. The second kappa shape index (κ2) is 4.97. The van der Waals surface area contributed by atoms with Crippen molar-refractivity contribution in [3.05, 3.63) is 12.5 Å². The van der Waals surface area contributed by atoms with Crippen molar-refractivity contribution in [3.63, 3.8) is 0 Å². The van der Waals surface area contributed by atoms with Crippen LogP contribution in [-0.2, 0) is 4.74 Å². The van der Waals surface area contributed by atoms with E-state index in [4.69, 9.17) is 15.6 Å². The summed E-state index contributed by atoms with van der Waals surface area (Å²) in [5, 5.41) is 8.86. The highest BCUT2D eigenvalue weighted by molar-refractivity contribution is 5.86. The van der Waals surface area contributed by atoms with Gasteiger partial charge in [0.05, 0.1) is 19.3 Å². The van der Waals surface area contributed by atoms with Crippen LogP contribution in [0.3, 0.4) is 0 Å². The predicted molar refractivity (Wildman–Crippen MR) is 55.2 cm³/mol. The van der Waals surface area contributed by atoms with Gasteiger partial charge < -0.3 is 15.6 Å². The molecule has 0 amide bonds. The Bertz CT molecular complexity index is 234. The normalized spacial score (nSPS) is 21.9. The van der Waals surface area contributed by atoms with Crippen LogP contribution < -0.4 is 5.73 Å². The second-order valence-corrected chi connectivity index (χ2v) is 3.28. The molecule has 5 nitrogen and oxygen atoms in total. The van der Waals surface area contributed by atoms with Gasteiger partial charge in [-0.2, -0.15) is 4.99 Å². The zero-order chi connectivity index (χ0) is 10.6. The van der Waals surface area contributed by atoms with Crippen molar-refractivity contribution in [2.45, 2.75) is 13.0 Å². The van der Waals surface area contributed by atoms with E-state index in [1.54, 1.807) is 0 Å². The topological polar surface area (TPSA) is 71.1 Å². The molecular weight excluding hydrogens is 182 g/mol. The van der Waals surface area contributed by atoms with Crippen LogP contribution in [0.25, 0.3) is 0 Å². The average Bonchev–Trinajstić information content (AvgIpc) is 2.17. The standard InChI is InChI=1S/C9H17N3O2/c1-7(9(10)11-8(2)13)12-3-5-14-6-4-12/h7,13H,2-6H2,1H3,(H2,10,11). The van der Waals surface area contributed by atoms with Crippen molar-refractivity contribution >= 4 is 5.84 Å². The Balaban J connectivity index is 2.54. The van der Waals surface area contributed by atoms with Gasteiger partial charge in [0, 0.05) is 13.1 Å². The van der Waals surface area contributed by atoms with Crippen molar-refractivity contribution in [3.8, 4) is 0 Å². The lowest BCUT2D eigenvalue weighted by Gasteiger charge is -2.31. The minimum atomic E-state index is -0.248. The third-order valence-corrected chi connectivity index (χ3v) is 2.28. The van der Waals surface area contributed by atoms with Crippen molar-refractivity contribution in [2.24, 2.45) is 10.7 Å². The summed E-state index contributed by atoms with van der Waals surface area (Å²) in [5.41, 5.74) is 5.70. The first-order valence-corrected chi connectivity index (χ1v) is 4.65. The molecule has 0 bridgehead atoms. The molecule has 0 radical (unpaired) electrons. The van der Waals surface area contributed by atoms with Crippen LogP contribution in [0.5, 0.6) is 0 Å². The smallest absolute Gasteiger partial charge is 0.204 e. The molecule has 80 valence electrons. The maximum absolute atomic E-state index is 8.86. The first-order chi connectivity index (χ1) is 6.61. The minimum Gasteiger partial charge on any atom is -0.494 e. The van der Waals surface area contributed by atoms with Crippen LogP contribution in [0, 0.1) is 0 Å². The highest BCUT2D eigenvalue weighted by Crippen LogP contribution is 2.04. The monoisotopic (exact) mass is 199 g/mol. The molecule has 1 rings (SSSR count). The lowest BCUT2D eigenvalue weighted by Crippen LogP contribution is -2.48. The van der Waals surface area contributed by atoms with Gasteiger partial charge >= 0.3 is 0 Å². The van der Waals surface area contributed by atoms with Gasteiger partial charge in [-0.05, 0) is 13.5 Å². The van der Waals surface area contributed by atoms with E-state index in [9.17, 15) is 0 Å². The van der Waals surface area contributed by atoms with Gasteiger partial charge in [-0.15, -0.1) is 0 Å². The molecule has 1 aliphatic rings. The number of aliphatic hydroxyl groups is 1. The van der Waals surface area contributed by atoms with Gasteiger partial charge in [-0.25, -0.2) is 0 Å². The van der Waals surface area contributed by atoms with E-state index in [1.165, 1.54) is 0 Å². The molecular formula is C9H17N3O2. The summed E-state index contributed by atoms with van der Waals surface area (Å²) in [5.74, 6) is 0.141. The molecule has 0 aromatic carbocycles. The minimum absolute atomic E-state index is 0.0165. The SMILES string of the molecule is C=C(O)N=C(N)C(C)N1CCOCC1. The van der Waals surface area contributed by atoms with E-state index < -0.39 is 0 Å². The lowest BCUT2D eigenvalue weighted by atomic mass is 10.2. The third kappa shape index (κ3) is 3.01. The van der Waals surface area contributed by atoms with Crippen molar-refractivity contribution in [1.82, 2.24) is 4.90 Å². The maximum Gasteiger partial charge on any atom is 0.204 e. The quantitative estimate of drug-likeness (QED) is 0.384. The van der Waals surface area contributed by atoms with E-state index in [-0.39, 0.29) is 11.9 Å². The highest BCUT2D eigenvalue weighted by Gasteiger charge is 2.19. The molecule has 0 spiro atoms. The number of aliphatic hydroxyl groups excluding tert-OH is 1. The molecule has 1 aliphatic heterocycles. The van der Waals surface area contributed by atoms with Crippen LogP contribution >= 0.6 is 0 Å². The van der Waals surface area contributed by atoms with Crippen LogP contribution in [0.15, 0.2) is 17.5 Å². The zero-order valence-corrected chi connectivity index (χ0v) is 8.44. The summed E-state index contributed by atoms with van der Waals surface area (Å²) in [6.07, 6.45) is 0. The summed E-state index contributed by atoms with van der Waals surface area (Å²) < 4.78 is 5.22. The summed E-state index contributed by atoms with van der Waals surface area (Å²) in [6, 6.07) is 0.0165. The molecule has 0 aromatic rings. The van der Waals surface area contributed by atoms with Crippen molar-refractivity contribution in [2.75, 3.05) is 26.3 Å². The fourth-order valence-corrected chi connectivity index (χ4v) is 1.39. The Morgan fingerprint density at radius 3 is 2.64 bits per heavy atom. The Labute approximate surface area is 83.9 Å². The molecule has 1 saturated heterocycles. The van der Waals surface area contributed by atoms with Gasteiger partial charge in [-0.1, -0.05) is 0 Å². The number of aliphatic imine (C=N–C) groups is 1. The van der Waals surface area contributed by atoms with E-state index in [0.29, 0.717) is 5.84 Å². The Morgan fingerprint density at radius 1 is 1.57 bits per heavy atom. The second-order valence-electron chi connectivity index (χ2n) is 3.28. The third-order valence-electron chi connectivity index (χ3n) is 2.28. The highest BCUT2D eigenvalue weighted by atomic mass is 16.5. The van der Waals surface area contributed by atoms with Gasteiger partial charge in [-0.3, -0.25) is 4.90 Å². The summed E-state index contributed by atoms with van der Waals surface area (Å²) in [7, 11) is 0. The van der Waals surface area contributed by atoms with E-state index in [2.05, 4.69) is 16.5 Å². The molecule has 0 aliphatic carbocycles. The first-order valence-electron chi connectivity index (χ1n) is 4.65. The Morgan fingerprint density at radius 2 is 2.14 bits per heavy atom. The number of ether oxygens (including phenoxy) is 1. The van der Waals surface area contributed by atoms with Crippen LogP contribution in [0.1, 0.15) is 6.92 Å². The molecule has 0 saturated carbocycles. The van der Waals surface area contributed by atoms with Crippen molar-refractivity contribution in [1.29, 1.82) is 0 Å². The number of morpholine rings is 1. The van der Waals surface area contributed by atoms with E-state index >= 15 is 0 Å². The molecule has 14 heavy (non-hydrogen) atoms. The number of hydrogen-bond donors (Lipinski definition) is 2. The zero-order valence-electron chi connectivity index (χ0n) is 8.44. The van der Waals surface area contributed by atoms with Crippen LogP contribution in [-0.4, -0.2) is 48.2 Å². The van der Waals surface area contributed by atoms with Crippen LogP contribution in [0.4, 0.5) is 0 Å². The van der Waals surface area contributed by atoms with Crippen LogP contribution in [0.2, 0.25) is 0 Å². The number of rotatable bonds is 3. The Hall–Kier alpha value is -1.07. The number of nitrogens with zero attached hydrogens (tertiary/aromatic N) is 2. The molecule has 1 unspecified atom stereocenters. The Kier molecular flexibility index (Phi) is 3.91. The summed E-state index contributed by atoms with van der Waals surface area (Å²) >= 11 is 0.